The summed E-state index contributed by atoms with van der Waals surface area (Å²) >= 11 is 3.42. The Morgan fingerprint density at radius 2 is 1.90 bits per heavy atom. The molecule has 4 nitrogen and oxygen atoms in total. The summed E-state index contributed by atoms with van der Waals surface area (Å²) in [5, 5.41) is 10.5. The Balaban J connectivity index is 2.27. The maximum atomic E-state index is 10.5. The predicted octanol–water partition coefficient (Wildman–Crippen LogP) is 3.72. The van der Waals surface area contributed by atoms with Crippen LogP contribution in [-0.4, -0.2) is 23.3 Å². The Kier molecular flexibility index (Phi) is 5.20. The molecule has 1 unspecified atom stereocenters. The molecule has 21 heavy (non-hydrogen) atoms. The molecular formula is C16H18BrNO3. The molecule has 0 bridgehead atoms. The number of benzene rings is 1. The first kappa shape index (κ1) is 15.8. The summed E-state index contributed by atoms with van der Waals surface area (Å²) in [6.07, 6.45) is 2.57. The molecule has 2 aromatic rings. The molecule has 0 aliphatic carbocycles. The molecule has 5 heteroatoms. The summed E-state index contributed by atoms with van der Waals surface area (Å²) in [5.41, 5.74) is 1.44. The van der Waals surface area contributed by atoms with E-state index in [4.69, 9.17) is 9.47 Å². The van der Waals surface area contributed by atoms with Gasteiger partial charge in [-0.2, -0.15) is 0 Å². The van der Waals surface area contributed by atoms with E-state index in [1.54, 1.807) is 25.6 Å². The molecular weight excluding hydrogens is 334 g/mol. The number of aromatic nitrogens is 1. The summed E-state index contributed by atoms with van der Waals surface area (Å²) in [7, 11) is 1.60. The lowest BCUT2D eigenvalue weighted by atomic mass is 10.0. The summed E-state index contributed by atoms with van der Waals surface area (Å²) in [4.78, 5) is 4.12. The van der Waals surface area contributed by atoms with Crippen molar-refractivity contribution in [3.05, 3.63) is 52.3 Å². The Labute approximate surface area is 132 Å². The molecule has 0 aliphatic heterocycles. The number of aliphatic hydroxyl groups is 1. The average Bonchev–Trinajstić information content (AvgIpc) is 2.46. The fourth-order valence-corrected chi connectivity index (χ4v) is 2.53. The number of hydrogen-bond donors (Lipinski definition) is 1. The lowest BCUT2D eigenvalue weighted by Gasteiger charge is -2.15. The molecule has 0 amide bonds. The van der Waals surface area contributed by atoms with E-state index < -0.39 is 6.10 Å². The highest BCUT2D eigenvalue weighted by molar-refractivity contribution is 9.10. The zero-order valence-corrected chi connectivity index (χ0v) is 13.8. The Hall–Kier alpha value is -1.59. The maximum absolute atomic E-state index is 10.5. The fraction of sp³-hybridized carbons (Fsp3) is 0.312. The van der Waals surface area contributed by atoms with Crippen LogP contribution in [0, 0.1) is 0 Å². The van der Waals surface area contributed by atoms with Gasteiger partial charge in [-0.05, 0) is 53.5 Å². The van der Waals surface area contributed by atoms with Crippen LogP contribution in [0.5, 0.6) is 11.5 Å². The van der Waals surface area contributed by atoms with E-state index in [-0.39, 0.29) is 6.10 Å². The van der Waals surface area contributed by atoms with Crippen molar-refractivity contribution in [3.63, 3.8) is 0 Å². The second-order valence-corrected chi connectivity index (χ2v) is 5.77. The first-order valence-corrected chi connectivity index (χ1v) is 7.43. The first-order valence-electron chi connectivity index (χ1n) is 6.64. The SMILES string of the molecule is COc1ccc(C(O)c2cncc(OC(C)C)c2)cc1Br. The molecule has 0 spiro atoms. The smallest absolute Gasteiger partial charge is 0.138 e. The second kappa shape index (κ2) is 6.91. The van der Waals surface area contributed by atoms with Gasteiger partial charge in [0.2, 0.25) is 0 Å². The van der Waals surface area contributed by atoms with Crippen molar-refractivity contribution in [1.82, 2.24) is 4.98 Å². The van der Waals surface area contributed by atoms with Crippen molar-refractivity contribution in [3.8, 4) is 11.5 Å². The molecule has 1 aromatic carbocycles. The summed E-state index contributed by atoms with van der Waals surface area (Å²) in [5.74, 6) is 1.37. The van der Waals surface area contributed by atoms with Gasteiger partial charge < -0.3 is 14.6 Å². The van der Waals surface area contributed by atoms with Gasteiger partial charge in [-0.1, -0.05) is 6.07 Å². The lowest BCUT2D eigenvalue weighted by Crippen LogP contribution is -2.07. The van der Waals surface area contributed by atoms with E-state index in [2.05, 4.69) is 20.9 Å². The van der Waals surface area contributed by atoms with Gasteiger partial charge in [0.05, 0.1) is 23.9 Å². The molecule has 2 rings (SSSR count). The van der Waals surface area contributed by atoms with Crippen LogP contribution in [-0.2, 0) is 0 Å². The minimum absolute atomic E-state index is 0.0642. The zero-order valence-electron chi connectivity index (χ0n) is 12.2. The Morgan fingerprint density at radius 3 is 2.52 bits per heavy atom. The standard InChI is InChI=1S/C16H18BrNO3/c1-10(2)21-13-6-12(8-18-9-13)16(19)11-4-5-15(20-3)14(17)7-11/h4-10,16,19H,1-3H3. The van der Waals surface area contributed by atoms with Gasteiger partial charge in [0.15, 0.2) is 0 Å². The Bertz CT molecular complexity index is 616. The number of nitrogens with zero attached hydrogens (tertiary/aromatic N) is 1. The third-order valence-electron chi connectivity index (χ3n) is 2.91. The molecule has 0 saturated heterocycles. The van der Waals surface area contributed by atoms with Gasteiger partial charge in [-0.3, -0.25) is 4.98 Å². The second-order valence-electron chi connectivity index (χ2n) is 4.92. The molecule has 112 valence electrons. The van der Waals surface area contributed by atoms with E-state index in [0.29, 0.717) is 11.3 Å². The number of ether oxygens (including phenoxy) is 2. The lowest BCUT2D eigenvalue weighted by molar-refractivity contribution is 0.215. The summed E-state index contributed by atoms with van der Waals surface area (Å²) in [6, 6.07) is 7.27. The highest BCUT2D eigenvalue weighted by Gasteiger charge is 2.14. The highest BCUT2D eigenvalue weighted by Crippen LogP contribution is 2.31. The van der Waals surface area contributed by atoms with Gasteiger partial charge in [-0.15, -0.1) is 0 Å². The molecule has 0 saturated carbocycles. The van der Waals surface area contributed by atoms with E-state index in [9.17, 15) is 5.11 Å². The fourth-order valence-electron chi connectivity index (χ4n) is 1.97. The van der Waals surface area contributed by atoms with Gasteiger partial charge in [0.25, 0.3) is 0 Å². The number of rotatable bonds is 5. The monoisotopic (exact) mass is 351 g/mol. The van der Waals surface area contributed by atoms with E-state index >= 15 is 0 Å². The van der Waals surface area contributed by atoms with Crippen LogP contribution in [0.3, 0.4) is 0 Å². The third-order valence-corrected chi connectivity index (χ3v) is 3.53. The largest absolute Gasteiger partial charge is 0.496 e. The van der Waals surface area contributed by atoms with Crippen LogP contribution in [0.1, 0.15) is 31.1 Å². The average molecular weight is 352 g/mol. The van der Waals surface area contributed by atoms with Crippen LogP contribution in [0.15, 0.2) is 41.1 Å². The minimum atomic E-state index is -0.768. The molecule has 1 atom stereocenters. The summed E-state index contributed by atoms with van der Waals surface area (Å²) in [6.45, 7) is 3.90. The minimum Gasteiger partial charge on any atom is -0.496 e. The topological polar surface area (TPSA) is 51.6 Å². The van der Waals surface area contributed by atoms with Gasteiger partial charge in [-0.25, -0.2) is 0 Å². The van der Waals surface area contributed by atoms with Gasteiger partial charge in [0.1, 0.15) is 17.6 Å². The van der Waals surface area contributed by atoms with Crippen LogP contribution >= 0.6 is 15.9 Å². The van der Waals surface area contributed by atoms with Crippen molar-refractivity contribution in [1.29, 1.82) is 0 Å². The molecule has 1 aromatic heterocycles. The van der Waals surface area contributed by atoms with Crippen LogP contribution in [0.25, 0.3) is 0 Å². The molecule has 1 N–H and O–H groups in total. The molecule has 0 radical (unpaired) electrons. The molecule has 0 aliphatic rings. The van der Waals surface area contributed by atoms with Crippen LogP contribution < -0.4 is 9.47 Å². The molecule has 0 fully saturated rings. The van der Waals surface area contributed by atoms with Crippen molar-refractivity contribution < 1.29 is 14.6 Å². The predicted molar refractivity (Wildman–Crippen MR) is 84.8 cm³/mol. The van der Waals surface area contributed by atoms with Gasteiger partial charge >= 0.3 is 0 Å². The van der Waals surface area contributed by atoms with E-state index in [1.807, 2.05) is 32.0 Å². The first-order chi connectivity index (χ1) is 10.0. The maximum Gasteiger partial charge on any atom is 0.138 e. The highest BCUT2D eigenvalue weighted by atomic mass is 79.9. The van der Waals surface area contributed by atoms with E-state index in [1.165, 1.54) is 0 Å². The number of hydrogen-bond acceptors (Lipinski definition) is 4. The number of aliphatic hydroxyl groups excluding tert-OH is 1. The number of methoxy groups -OCH3 is 1. The number of pyridine rings is 1. The zero-order chi connectivity index (χ0) is 15.4. The number of halogens is 1. The Morgan fingerprint density at radius 1 is 1.14 bits per heavy atom. The summed E-state index contributed by atoms with van der Waals surface area (Å²) < 4.78 is 11.6. The van der Waals surface area contributed by atoms with E-state index in [0.717, 1.165) is 15.8 Å². The van der Waals surface area contributed by atoms with Crippen LogP contribution in [0.2, 0.25) is 0 Å². The van der Waals surface area contributed by atoms with Crippen molar-refractivity contribution >= 4 is 15.9 Å². The van der Waals surface area contributed by atoms with Crippen LogP contribution in [0.4, 0.5) is 0 Å². The quantitative estimate of drug-likeness (QED) is 0.891. The van der Waals surface area contributed by atoms with Crippen molar-refractivity contribution in [2.45, 2.75) is 26.1 Å². The molecule has 1 heterocycles. The van der Waals surface area contributed by atoms with Crippen molar-refractivity contribution in [2.24, 2.45) is 0 Å². The normalized spacial score (nSPS) is 12.3. The third kappa shape index (κ3) is 3.95. The van der Waals surface area contributed by atoms with Crippen molar-refractivity contribution in [2.75, 3.05) is 7.11 Å². The van der Waals surface area contributed by atoms with Gasteiger partial charge in [0, 0.05) is 11.8 Å².